The third-order valence-corrected chi connectivity index (χ3v) is 5.13. The van der Waals surface area contributed by atoms with Crippen LogP contribution in [0.1, 0.15) is 5.69 Å². The lowest BCUT2D eigenvalue weighted by Crippen LogP contribution is -2.26. The van der Waals surface area contributed by atoms with Crippen LogP contribution in [-0.4, -0.2) is 56.0 Å². The van der Waals surface area contributed by atoms with E-state index in [0.29, 0.717) is 35.6 Å². The number of aromatic nitrogens is 5. The first-order chi connectivity index (χ1) is 16.8. The number of alkyl halides is 3. The van der Waals surface area contributed by atoms with E-state index >= 15 is 0 Å². The standard InChI is InChI=1S/C23H23F3N6O3/c1-3-20(33)28-13-19-21-18(15-12-29-31(14-15)10-11-34-2)8-9-27-22(21)32(30-19)16-4-6-17(7-5-16)35-23(24,25)26/h3-9,12,14,20,28,33H,1,10-11,13H2,2H3. The highest BCUT2D eigenvalue weighted by Gasteiger charge is 2.31. The molecule has 0 aliphatic carbocycles. The fourth-order valence-corrected chi connectivity index (χ4v) is 3.54. The molecule has 0 bridgehead atoms. The molecule has 0 saturated heterocycles. The Balaban J connectivity index is 1.78. The van der Waals surface area contributed by atoms with Gasteiger partial charge >= 0.3 is 6.36 Å². The van der Waals surface area contributed by atoms with Gasteiger partial charge in [-0.3, -0.25) is 10.00 Å². The van der Waals surface area contributed by atoms with Crippen molar-refractivity contribution in [1.82, 2.24) is 29.9 Å². The van der Waals surface area contributed by atoms with Gasteiger partial charge in [0.1, 0.15) is 12.0 Å². The van der Waals surface area contributed by atoms with Crippen LogP contribution in [0.3, 0.4) is 0 Å². The molecule has 4 aromatic rings. The van der Waals surface area contributed by atoms with Crippen LogP contribution in [0.25, 0.3) is 27.8 Å². The Labute approximate surface area is 198 Å². The lowest BCUT2D eigenvalue weighted by atomic mass is 10.1. The number of benzene rings is 1. The normalized spacial score (nSPS) is 12.7. The second kappa shape index (κ2) is 10.3. The molecule has 0 radical (unpaired) electrons. The van der Waals surface area contributed by atoms with Gasteiger partial charge in [-0.25, -0.2) is 9.67 Å². The molecular weight excluding hydrogens is 465 g/mol. The number of methoxy groups -OCH3 is 1. The Morgan fingerprint density at radius 2 is 2.00 bits per heavy atom. The smallest absolute Gasteiger partial charge is 0.406 e. The van der Waals surface area contributed by atoms with Crippen molar-refractivity contribution in [2.45, 2.75) is 25.7 Å². The monoisotopic (exact) mass is 488 g/mol. The maximum absolute atomic E-state index is 12.5. The number of aliphatic hydroxyl groups excluding tert-OH is 1. The number of nitrogens with one attached hydrogen (secondary N) is 1. The molecule has 9 nitrogen and oxygen atoms in total. The number of nitrogens with zero attached hydrogens (tertiary/aromatic N) is 5. The van der Waals surface area contributed by atoms with Crippen molar-refractivity contribution in [3.8, 4) is 22.6 Å². The topological polar surface area (TPSA) is 99.3 Å². The average Bonchev–Trinajstić information content (AvgIpc) is 3.45. The average molecular weight is 488 g/mol. The first-order valence-electron chi connectivity index (χ1n) is 10.6. The molecule has 0 aliphatic rings. The summed E-state index contributed by atoms with van der Waals surface area (Å²) in [5, 5.41) is 22.5. The minimum Gasteiger partial charge on any atom is -0.406 e. The van der Waals surface area contributed by atoms with Gasteiger partial charge < -0.3 is 14.6 Å². The van der Waals surface area contributed by atoms with E-state index in [2.05, 4.69) is 31.8 Å². The summed E-state index contributed by atoms with van der Waals surface area (Å²) >= 11 is 0. The number of fused-ring (bicyclic) bond motifs is 1. The predicted molar refractivity (Wildman–Crippen MR) is 122 cm³/mol. The number of aliphatic hydroxyl groups is 1. The lowest BCUT2D eigenvalue weighted by Gasteiger charge is -2.09. The summed E-state index contributed by atoms with van der Waals surface area (Å²) in [6.45, 7) is 4.82. The lowest BCUT2D eigenvalue weighted by molar-refractivity contribution is -0.274. The molecule has 0 amide bonds. The van der Waals surface area contributed by atoms with E-state index < -0.39 is 12.6 Å². The summed E-state index contributed by atoms with van der Waals surface area (Å²) < 4.78 is 50.0. The summed E-state index contributed by atoms with van der Waals surface area (Å²) in [4.78, 5) is 4.48. The fourth-order valence-electron chi connectivity index (χ4n) is 3.54. The van der Waals surface area contributed by atoms with E-state index in [0.717, 1.165) is 11.1 Å². The van der Waals surface area contributed by atoms with Crippen LogP contribution in [0.2, 0.25) is 0 Å². The van der Waals surface area contributed by atoms with E-state index in [1.807, 2.05) is 12.3 Å². The zero-order valence-electron chi connectivity index (χ0n) is 18.7. The van der Waals surface area contributed by atoms with Crippen LogP contribution < -0.4 is 10.1 Å². The van der Waals surface area contributed by atoms with Gasteiger partial charge in [-0.15, -0.1) is 13.2 Å². The highest BCUT2D eigenvalue weighted by molar-refractivity contribution is 5.95. The molecule has 35 heavy (non-hydrogen) atoms. The first-order valence-corrected chi connectivity index (χ1v) is 10.6. The number of hydrogen-bond donors (Lipinski definition) is 2. The molecule has 0 aliphatic heterocycles. The van der Waals surface area contributed by atoms with Crippen LogP contribution in [0.4, 0.5) is 13.2 Å². The van der Waals surface area contributed by atoms with Crippen LogP contribution in [0.15, 0.2) is 61.6 Å². The quantitative estimate of drug-likeness (QED) is 0.261. The Hall–Kier alpha value is -3.74. The minimum atomic E-state index is -4.78. The molecule has 184 valence electrons. The maximum atomic E-state index is 12.5. The molecule has 0 saturated carbocycles. The second-order valence-corrected chi connectivity index (χ2v) is 7.50. The van der Waals surface area contributed by atoms with Crippen molar-refractivity contribution in [3.63, 3.8) is 0 Å². The SMILES string of the molecule is C=CC(O)NCc1nn(-c2ccc(OC(F)(F)F)cc2)c2nccc(-c3cnn(CCOC)c3)c12. The van der Waals surface area contributed by atoms with Gasteiger partial charge in [-0.1, -0.05) is 6.58 Å². The summed E-state index contributed by atoms with van der Waals surface area (Å²) in [7, 11) is 1.62. The van der Waals surface area contributed by atoms with E-state index in [-0.39, 0.29) is 12.3 Å². The van der Waals surface area contributed by atoms with Gasteiger partial charge in [0.05, 0.1) is 36.1 Å². The summed E-state index contributed by atoms with van der Waals surface area (Å²) in [5.41, 5.74) is 3.19. The van der Waals surface area contributed by atoms with Crippen molar-refractivity contribution in [3.05, 3.63) is 67.3 Å². The van der Waals surface area contributed by atoms with Gasteiger partial charge in [0.2, 0.25) is 0 Å². The number of halogens is 3. The number of rotatable bonds is 10. The largest absolute Gasteiger partial charge is 0.573 e. The molecule has 3 heterocycles. The van der Waals surface area contributed by atoms with Crippen molar-refractivity contribution < 1.29 is 27.8 Å². The highest BCUT2D eigenvalue weighted by atomic mass is 19.4. The van der Waals surface area contributed by atoms with Crippen molar-refractivity contribution in [1.29, 1.82) is 0 Å². The van der Waals surface area contributed by atoms with Gasteiger partial charge in [0.15, 0.2) is 5.65 Å². The van der Waals surface area contributed by atoms with Crippen molar-refractivity contribution in [2.24, 2.45) is 0 Å². The molecule has 4 rings (SSSR count). The van der Waals surface area contributed by atoms with Crippen LogP contribution in [0, 0.1) is 0 Å². The first kappa shape index (κ1) is 24.4. The third kappa shape index (κ3) is 5.67. The van der Waals surface area contributed by atoms with Gasteiger partial charge in [0.25, 0.3) is 0 Å². The molecule has 3 aromatic heterocycles. The van der Waals surface area contributed by atoms with Gasteiger partial charge in [0, 0.05) is 31.6 Å². The third-order valence-electron chi connectivity index (χ3n) is 5.13. The van der Waals surface area contributed by atoms with E-state index in [1.54, 1.807) is 24.2 Å². The van der Waals surface area contributed by atoms with Crippen molar-refractivity contribution >= 4 is 11.0 Å². The van der Waals surface area contributed by atoms with E-state index in [4.69, 9.17) is 4.74 Å². The molecule has 12 heteroatoms. The van der Waals surface area contributed by atoms with Gasteiger partial charge in [-0.05, 0) is 42.0 Å². The molecule has 2 N–H and O–H groups in total. The molecular formula is C23H23F3N6O3. The summed E-state index contributed by atoms with van der Waals surface area (Å²) in [6, 6.07) is 7.17. The Kier molecular flexibility index (Phi) is 7.15. The Morgan fingerprint density at radius 3 is 2.69 bits per heavy atom. The molecule has 1 unspecified atom stereocenters. The summed E-state index contributed by atoms with van der Waals surface area (Å²) in [5.74, 6) is -0.342. The predicted octanol–water partition coefficient (Wildman–Crippen LogP) is 3.42. The summed E-state index contributed by atoms with van der Waals surface area (Å²) in [6.07, 6.45) is 0.836. The number of ether oxygens (including phenoxy) is 2. The van der Waals surface area contributed by atoms with Gasteiger partial charge in [-0.2, -0.15) is 10.2 Å². The zero-order valence-corrected chi connectivity index (χ0v) is 18.7. The zero-order chi connectivity index (χ0) is 25.0. The van der Waals surface area contributed by atoms with E-state index in [1.165, 1.54) is 35.0 Å². The number of pyridine rings is 1. The fraction of sp³-hybridized carbons (Fsp3) is 0.261. The number of hydrogen-bond acceptors (Lipinski definition) is 7. The minimum absolute atomic E-state index is 0.183. The molecule has 0 fully saturated rings. The van der Waals surface area contributed by atoms with Crippen LogP contribution in [0.5, 0.6) is 5.75 Å². The van der Waals surface area contributed by atoms with Crippen molar-refractivity contribution in [2.75, 3.05) is 13.7 Å². The molecule has 1 atom stereocenters. The highest BCUT2D eigenvalue weighted by Crippen LogP contribution is 2.32. The molecule has 1 aromatic carbocycles. The van der Waals surface area contributed by atoms with E-state index in [9.17, 15) is 18.3 Å². The molecule has 0 spiro atoms. The Bertz CT molecular complexity index is 1300. The van der Waals surface area contributed by atoms with Crippen LogP contribution in [-0.2, 0) is 17.8 Å². The maximum Gasteiger partial charge on any atom is 0.573 e. The Morgan fingerprint density at radius 1 is 1.23 bits per heavy atom. The second-order valence-electron chi connectivity index (χ2n) is 7.50. The van der Waals surface area contributed by atoms with Crippen LogP contribution >= 0.6 is 0 Å².